The first-order valence-corrected chi connectivity index (χ1v) is 20.1. The summed E-state index contributed by atoms with van der Waals surface area (Å²) < 4.78 is 9.48. The fraction of sp³-hybridized carbons (Fsp3) is 0.488. The summed E-state index contributed by atoms with van der Waals surface area (Å²) in [6, 6.07) is 16.9. The van der Waals surface area contributed by atoms with Crippen LogP contribution in [-0.4, -0.2) is 94.9 Å². The lowest BCUT2D eigenvalue weighted by Gasteiger charge is -2.28. The number of imidazole rings is 1. The number of nitrogens with zero attached hydrogens (tertiary/aromatic N) is 4. The highest BCUT2D eigenvalue weighted by Crippen LogP contribution is 2.38. The van der Waals surface area contributed by atoms with Crippen molar-refractivity contribution in [2.75, 3.05) is 27.3 Å². The number of likely N-dealkylation sites (tertiary alicyclic amines) is 2. The molecule has 3 aromatic rings. The number of H-pyrrole nitrogens is 1. The predicted octanol–water partition coefficient (Wildman–Crippen LogP) is 6.63. The van der Waals surface area contributed by atoms with Crippen LogP contribution in [0.3, 0.4) is 0 Å². The zero-order chi connectivity index (χ0) is 38.8. The molecule has 2 aromatic carbocycles. The quantitative estimate of drug-likeness (QED) is 0.221. The van der Waals surface area contributed by atoms with Crippen molar-refractivity contribution in [1.29, 1.82) is 0 Å². The number of hydrogen-bond acceptors (Lipinski definition) is 8. The lowest BCUT2D eigenvalue weighted by molar-refractivity contribution is -0.136. The number of ether oxygens (including phenoxy) is 2. The average molecular weight is 762 g/mol. The summed E-state index contributed by atoms with van der Waals surface area (Å²) in [6.45, 7) is 1.46. The number of allylic oxidation sites excluding steroid dienone is 1. The standard InChI is InChI=1S/C43H51N7O6/c1-55-42(53)46-33-17-15-30(21-33)40(51)49-19-3-5-37(49)35-23-32(24-44-35)28-9-7-26(8-10-28)27-11-13-29(14-12-27)36-25-45-39(48-36)38-6-4-20-50(38)41(52)31-16-18-34(22-31)47-43(54)56-2/h7-14,24-25,30-31,33-34,37-38H,3-6,15-23H2,1-2H3,(H,45,48)(H,46,53)(H,47,54)/t30-,31-,33+,34+,37+,38+/m1/s1. The van der Waals surface area contributed by atoms with E-state index >= 15 is 0 Å². The molecule has 4 amide bonds. The lowest BCUT2D eigenvalue weighted by Crippen LogP contribution is -2.43. The second-order valence-electron chi connectivity index (χ2n) is 15.9. The van der Waals surface area contributed by atoms with Crippen molar-refractivity contribution in [3.63, 3.8) is 0 Å². The van der Waals surface area contributed by atoms with Gasteiger partial charge >= 0.3 is 12.2 Å². The number of hydrogen-bond donors (Lipinski definition) is 3. The first kappa shape index (κ1) is 37.5. The van der Waals surface area contributed by atoms with Crippen molar-refractivity contribution in [2.24, 2.45) is 16.8 Å². The second-order valence-corrected chi connectivity index (χ2v) is 15.9. The van der Waals surface area contributed by atoms with Gasteiger partial charge in [-0.2, -0.15) is 0 Å². The Morgan fingerprint density at radius 2 is 1.20 bits per heavy atom. The molecule has 4 fully saturated rings. The summed E-state index contributed by atoms with van der Waals surface area (Å²) in [6.07, 6.45) is 11.7. The fourth-order valence-electron chi connectivity index (χ4n) is 9.49. The number of alkyl carbamates (subject to hydrolysis) is 2. The molecule has 2 saturated carbocycles. The minimum absolute atomic E-state index is 0.0232. The van der Waals surface area contributed by atoms with Crippen LogP contribution in [0.4, 0.5) is 9.59 Å². The number of aromatic nitrogens is 2. The van der Waals surface area contributed by atoms with E-state index in [2.05, 4.69) is 64.1 Å². The summed E-state index contributed by atoms with van der Waals surface area (Å²) >= 11 is 0. The minimum Gasteiger partial charge on any atom is -0.453 e. The van der Waals surface area contributed by atoms with Crippen LogP contribution < -0.4 is 10.6 Å². The Hall–Kier alpha value is -5.46. The number of methoxy groups -OCH3 is 2. The van der Waals surface area contributed by atoms with E-state index in [4.69, 9.17) is 19.5 Å². The van der Waals surface area contributed by atoms with Crippen molar-refractivity contribution in [3.8, 4) is 22.4 Å². The number of benzene rings is 2. The molecule has 13 nitrogen and oxygen atoms in total. The van der Waals surface area contributed by atoms with Gasteiger partial charge < -0.3 is 34.9 Å². The maximum absolute atomic E-state index is 13.6. The molecular weight excluding hydrogens is 711 g/mol. The van der Waals surface area contributed by atoms with Crippen LogP contribution in [0, 0.1) is 11.8 Å². The highest BCUT2D eigenvalue weighted by molar-refractivity contribution is 6.03. The number of nitrogens with one attached hydrogen (secondary N) is 3. The van der Waals surface area contributed by atoms with Crippen LogP contribution >= 0.6 is 0 Å². The van der Waals surface area contributed by atoms with Gasteiger partial charge in [0.25, 0.3) is 0 Å². The normalized spacial score (nSPS) is 25.9. The SMILES string of the molecule is COC(=O)N[C@H]1CC[C@@H](C(=O)N2CCC[C@H]2C2=NC=C(c3ccc(-c4ccc(-c5cnc([C@@H]6CCCN6C(=O)[C@@H]6CC[C@H](NC(=O)OC)C6)[nH]5)cc4)cc3)C2)C1. The number of rotatable bonds is 9. The Bertz CT molecular complexity index is 2010. The van der Waals surface area contributed by atoms with Gasteiger partial charge in [-0.05, 0) is 92.0 Å². The van der Waals surface area contributed by atoms with E-state index in [0.29, 0.717) is 19.4 Å². The fourth-order valence-corrected chi connectivity index (χ4v) is 9.49. The van der Waals surface area contributed by atoms with Gasteiger partial charge in [-0.1, -0.05) is 48.5 Å². The van der Waals surface area contributed by atoms with Crippen LogP contribution in [0.25, 0.3) is 28.0 Å². The zero-order valence-corrected chi connectivity index (χ0v) is 32.2. The van der Waals surface area contributed by atoms with Gasteiger partial charge in [0.05, 0.1) is 38.2 Å². The average Bonchev–Trinajstić information content (AvgIpc) is 4.08. The number of carbonyl (C=O) groups is 4. The molecule has 0 unspecified atom stereocenters. The third-order valence-corrected chi connectivity index (χ3v) is 12.5. The molecule has 0 spiro atoms. The smallest absolute Gasteiger partial charge is 0.407 e. The molecule has 13 heteroatoms. The predicted molar refractivity (Wildman–Crippen MR) is 211 cm³/mol. The summed E-state index contributed by atoms with van der Waals surface area (Å²) in [4.78, 5) is 67.6. The van der Waals surface area contributed by atoms with Crippen LogP contribution in [0.5, 0.6) is 0 Å². The van der Waals surface area contributed by atoms with Gasteiger partial charge in [0.2, 0.25) is 11.8 Å². The lowest BCUT2D eigenvalue weighted by atomic mass is 9.96. The van der Waals surface area contributed by atoms with Crippen LogP contribution in [0.2, 0.25) is 0 Å². The van der Waals surface area contributed by atoms with Crippen molar-refractivity contribution >= 4 is 35.3 Å². The Balaban J connectivity index is 0.849. The highest BCUT2D eigenvalue weighted by Gasteiger charge is 2.41. The van der Waals surface area contributed by atoms with Gasteiger partial charge in [0.1, 0.15) is 5.82 Å². The van der Waals surface area contributed by atoms with Crippen molar-refractivity contribution in [1.82, 2.24) is 30.4 Å². The second kappa shape index (κ2) is 16.3. The number of amides is 4. The number of aromatic amines is 1. The zero-order valence-electron chi connectivity index (χ0n) is 32.2. The molecule has 5 aliphatic rings. The van der Waals surface area contributed by atoms with Gasteiger partial charge in [0.15, 0.2) is 0 Å². The van der Waals surface area contributed by atoms with Crippen LogP contribution in [0.15, 0.2) is 65.9 Å². The number of carbonyl (C=O) groups excluding carboxylic acids is 4. The molecular formula is C43H51N7O6. The summed E-state index contributed by atoms with van der Waals surface area (Å²) in [5, 5.41) is 5.70. The van der Waals surface area contributed by atoms with Crippen LogP contribution in [-0.2, 0) is 19.1 Å². The van der Waals surface area contributed by atoms with Gasteiger partial charge in [-0.25, -0.2) is 14.6 Å². The Kier molecular flexibility index (Phi) is 10.9. The summed E-state index contributed by atoms with van der Waals surface area (Å²) in [5.41, 5.74) is 7.51. The summed E-state index contributed by atoms with van der Waals surface area (Å²) in [5.74, 6) is 0.947. The van der Waals surface area contributed by atoms with E-state index in [1.54, 1.807) is 0 Å². The first-order chi connectivity index (χ1) is 27.3. The van der Waals surface area contributed by atoms with Gasteiger partial charge in [0, 0.05) is 55.3 Å². The third kappa shape index (κ3) is 7.81. The molecule has 3 N–H and O–H groups in total. The van der Waals surface area contributed by atoms with Gasteiger partial charge in [-0.15, -0.1) is 0 Å². The number of aliphatic imine (C=N–C) groups is 1. The molecule has 6 atom stereocenters. The van der Waals surface area contributed by atoms with E-state index in [0.717, 1.165) is 109 Å². The maximum atomic E-state index is 13.6. The molecule has 4 heterocycles. The molecule has 2 saturated heterocycles. The highest BCUT2D eigenvalue weighted by atomic mass is 16.5. The maximum Gasteiger partial charge on any atom is 0.407 e. The molecule has 2 aliphatic carbocycles. The Labute approximate surface area is 327 Å². The molecule has 294 valence electrons. The van der Waals surface area contributed by atoms with Crippen LogP contribution in [0.1, 0.15) is 88.1 Å². The molecule has 1 aromatic heterocycles. The Morgan fingerprint density at radius 1 is 0.679 bits per heavy atom. The van der Waals surface area contributed by atoms with Crippen molar-refractivity contribution in [3.05, 3.63) is 72.3 Å². The largest absolute Gasteiger partial charge is 0.453 e. The van der Waals surface area contributed by atoms with E-state index in [-0.39, 0.29) is 47.8 Å². The van der Waals surface area contributed by atoms with Crippen molar-refractivity contribution in [2.45, 2.75) is 94.8 Å². The first-order valence-electron chi connectivity index (χ1n) is 20.1. The summed E-state index contributed by atoms with van der Waals surface area (Å²) in [7, 11) is 2.71. The van der Waals surface area contributed by atoms with Crippen molar-refractivity contribution < 1.29 is 28.7 Å². The minimum atomic E-state index is -0.450. The molecule has 8 rings (SSSR count). The van der Waals surface area contributed by atoms with E-state index < -0.39 is 12.2 Å². The molecule has 0 radical (unpaired) electrons. The third-order valence-electron chi connectivity index (χ3n) is 12.5. The van der Waals surface area contributed by atoms with Gasteiger partial charge in [-0.3, -0.25) is 14.6 Å². The topological polar surface area (TPSA) is 158 Å². The van der Waals surface area contributed by atoms with E-state index in [1.165, 1.54) is 14.2 Å². The Morgan fingerprint density at radius 3 is 1.77 bits per heavy atom. The monoisotopic (exact) mass is 761 g/mol. The molecule has 0 bridgehead atoms. The van der Waals surface area contributed by atoms with E-state index in [9.17, 15) is 19.2 Å². The molecule has 3 aliphatic heterocycles. The molecule has 56 heavy (non-hydrogen) atoms. The van der Waals surface area contributed by atoms with E-state index in [1.807, 2.05) is 22.2 Å².